The first-order chi connectivity index (χ1) is 6.18. The van der Waals surface area contributed by atoms with E-state index in [2.05, 4.69) is 9.97 Å². The zero-order valence-corrected chi connectivity index (χ0v) is 7.63. The number of halogens is 1. The summed E-state index contributed by atoms with van der Waals surface area (Å²) in [7, 11) is 0. The highest BCUT2D eigenvalue weighted by atomic mass is 19.1. The third-order valence-electron chi connectivity index (χ3n) is 2.15. The quantitative estimate of drug-likeness (QED) is 0.668. The van der Waals surface area contributed by atoms with Crippen LogP contribution in [0.1, 0.15) is 25.3 Å². The van der Waals surface area contributed by atoms with Crippen molar-refractivity contribution in [2.45, 2.75) is 19.8 Å². The topological polar surface area (TPSA) is 28.7 Å². The van der Waals surface area contributed by atoms with Gasteiger partial charge in [-0.2, -0.15) is 4.39 Å². The molecule has 0 spiro atoms. The van der Waals surface area contributed by atoms with Crippen LogP contribution in [0.15, 0.2) is 18.3 Å². The molecule has 13 heavy (non-hydrogen) atoms. The lowest BCUT2D eigenvalue weighted by Gasteiger charge is -2.06. The lowest BCUT2D eigenvalue weighted by molar-refractivity contribution is 0.584. The number of pyridine rings is 1. The molecule has 0 atom stereocenters. The first-order valence-corrected chi connectivity index (χ1v) is 4.32. The van der Waals surface area contributed by atoms with Crippen LogP contribution in [0.3, 0.4) is 0 Å². The normalized spacial score (nSPS) is 11.4. The van der Waals surface area contributed by atoms with Crippen molar-refractivity contribution < 1.29 is 4.39 Å². The van der Waals surface area contributed by atoms with E-state index in [4.69, 9.17) is 0 Å². The van der Waals surface area contributed by atoms with Gasteiger partial charge in [0.2, 0.25) is 5.95 Å². The average Bonchev–Trinajstić information content (AvgIpc) is 2.49. The Kier molecular flexibility index (Phi) is 1.79. The van der Waals surface area contributed by atoms with Gasteiger partial charge in [-0.3, -0.25) is 0 Å². The van der Waals surface area contributed by atoms with Gasteiger partial charge in [-0.25, -0.2) is 4.98 Å². The molecule has 2 aromatic heterocycles. The van der Waals surface area contributed by atoms with Crippen LogP contribution in [-0.4, -0.2) is 9.97 Å². The minimum atomic E-state index is -0.418. The molecular formula is C10H11FN2. The summed E-state index contributed by atoms with van der Waals surface area (Å²) in [6.07, 6.45) is 1.78. The summed E-state index contributed by atoms with van der Waals surface area (Å²) in [4.78, 5) is 6.66. The van der Waals surface area contributed by atoms with E-state index >= 15 is 0 Å². The number of hydrogen-bond donors (Lipinski definition) is 1. The van der Waals surface area contributed by atoms with Crippen molar-refractivity contribution in [3.05, 3.63) is 29.8 Å². The molecular weight excluding hydrogens is 167 g/mol. The number of fused-ring (bicyclic) bond motifs is 1. The van der Waals surface area contributed by atoms with Gasteiger partial charge in [-0.1, -0.05) is 13.8 Å². The van der Waals surface area contributed by atoms with Crippen molar-refractivity contribution in [3.8, 4) is 0 Å². The third kappa shape index (κ3) is 1.30. The van der Waals surface area contributed by atoms with Crippen LogP contribution in [-0.2, 0) is 0 Å². The number of nitrogens with one attached hydrogen (secondary N) is 1. The lowest BCUT2D eigenvalue weighted by Crippen LogP contribution is -1.93. The Morgan fingerprint density at radius 2 is 2.23 bits per heavy atom. The standard InChI is InChI=1S/C10H11FN2/c1-6(2)8-5-9(11)13-10-7(8)3-4-12-10/h3-6H,1-2H3,(H,12,13). The van der Waals surface area contributed by atoms with E-state index in [0.29, 0.717) is 11.6 Å². The molecule has 0 bridgehead atoms. The number of hydrogen-bond acceptors (Lipinski definition) is 1. The zero-order chi connectivity index (χ0) is 9.42. The molecule has 0 amide bonds. The zero-order valence-electron chi connectivity index (χ0n) is 7.63. The Balaban J connectivity index is 2.77. The third-order valence-corrected chi connectivity index (χ3v) is 2.15. The molecule has 3 heteroatoms. The molecule has 0 aliphatic heterocycles. The van der Waals surface area contributed by atoms with E-state index in [1.165, 1.54) is 6.07 Å². The van der Waals surface area contributed by atoms with Gasteiger partial charge in [-0.05, 0) is 23.6 Å². The molecule has 0 aliphatic carbocycles. The first kappa shape index (κ1) is 8.23. The fourth-order valence-corrected chi connectivity index (χ4v) is 1.51. The molecule has 0 aromatic carbocycles. The molecule has 0 aliphatic rings. The Bertz CT molecular complexity index is 431. The van der Waals surface area contributed by atoms with Gasteiger partial charge in [0.25, 0.3) is 0 Å². The van der Waals surface area contributed by atoms with Gasteiger partial charge in [0.15, 0.2) is 0 Å². The minimum Gasteiger partial charge on any atom is -0.346 e. The number of rotatable bonds is 1. The summed E-state index contributed by atoms with van der Waals surface area (Å²) >= 11 is 0. The van der Waals surface area contributed by atoms with Crippen LogP contribution in [0.4, 0.5) is 4.39 Å². The molecule has 0 saturated heterocycles. The van der Waals surface area contributed by atoms with Crippen LogP contribution < -0.4 is 0 Å². The Morgan fingerprint density at radius 3 is 2.92 bits per heavy atom. The highest BCUT2D eigenvalue weighted by Gasteiger charge is 2.08. The van der Waals surface area contributed by atoms with E-state index < -0.39 is 5.95 Å². The van der Waals surface area contributed by atoms with Gasteiger partial charge in [0, 0.05) is 11.6 Å². The molecule has 2 heterocycles. The summed E-state index contributed by atoms with van der Waals surface area (Å²) in [5, 5.41) is 1.01. The highest BCUT2D eigenvalue weighted by Crippen LogP contribution is 2.23. The van der Waals surface area contributed by atoms with Gasteiger partial charge in [-0.15, -0.1) is 0 Å². The predicted molar refractivity (Wildman–Crippen MR) is 50.1 cm³/mol. The molecule has 0 fully saturated rings. The second-order valence-corrected chi connectivity index (χ2v) is 3.43. The molecule has 2 aromatic rings. The van der Waals surface area contributed by atoms with Crippen LogP contribution in [0, 0.1) is 5.95 Å². The van der Waals surface area contributed by atoms with Gasteiger partial charge < -0.3 is 4.98 Å². The van der Waals surface area contributed by atoms with Crippen molar-refractivity contribution in [1.82, 2.24) is 9.97 Å². The summed E-state index contributed by atoms with van der Waals surface area (Å²) in [5.74, 6) is -0.102. The molecule has 0 radical (unpaired) electrons. The van der Waals surface area contributed by atoms with Crippen molar-refractivity contribution in [3.63, 3.8) is 0 Å². The fourth-order valence-electron chi connectivity index (χ4n) is 1.51. The van der Waals surface area contributed by atoms with E-state index in [0.717, 1.165) is 10.9 Å². The van der Waals surface area contributed by atoms with Gasteiger partial charge in [0.1, 0.15) is 5.65 Å². The Morgan fingerprint density at radius 1 is 1.46 bits per heavy atom. The van der Waals surface area contributed by atoms with E-state index in [9.17, 15) is 4.39 Å². The maximum atomic E-state index is 13.0. The summed E-state index contributed by atoms with van der Waals surface area (Å²) < 4.78 is 13.0. The second-order valence-electron chi connectivity index (χ2n) is 3.43. The molecule has 2 rings (SSSR count). The van der Waals surface area contributed by atoms with Crippen molar-refractivity contribution in [1.29, 1.82) is 0 Å². The smallest absolute Gasteiger partial charge is 0.215 e. The van der Waals surface area contributed by atoms with Crippen LogP contribution in [0.5, 0.6) is 0 Å². The molecule has 2 nitrogen and oxygen atoms in total. The summed E-state index contributed by atoms with van der Waals surface area (Å²) in [6.45, 7) is 4.09. The second kappa shape index (κ2) is 2.83. The first-order valence-electron chi connectivity index (χ1n) is 4.32. The van der Waals surface area contributed by atoms with Crippen LogP contribution >= 0.6 is 0 Å². The summed E-state index contributed by atoms with van der Waals surface area (Å²) in [5.41, 5.74) is 1.63. The van der Waals surface area contributed by atoms with Crippen LogP contribution in [0.25, 0.3) is 11.0 Å². The van der Waals surface area contributed by atoms with Crippen molar-refractivity contribution in [2.75, 3.05) is 0 Å². The Hall–Kier alpha value is -1.38. The van der Waals surface area contributed by atoms with Gasteiger partial charge in [0.05, 0.1) is 0 Å². The number of H-pyrrole nitrogens is 1. The summed E-state index contributed by atoms with van der Waals surface area (Å²) in [6, 6.07) is 3.43. The molecule has 0 unspecified atom stereocenters. The van der Waals surface area contributed by atoms with Crippen molar-refractivity contribution >= 4 is 11.0 Å². The fraction of sp³-hybridized carbons (Fsp3) is 0.300. The minimum absolute atomic E-state index is 0.316. The highest BCUT2D eigenvalue weighted by molar-refractivity contribution is 5.79. The number of nitrogens with zero attached hydrogens (tertiary/aromatic N) is 1. The maximum absolute atomic E-state index is 13.0. The number of aromatic nitrogens is 2. The van der Waals surface area contributed by atoms with E-state index in [-0.39, 0.29) is 0 Å². The Labute approximate surface area is 75.8 Å². The van der Waals surface area contributed by atoms with Crippen LogP contribution in [0.2, 0.25) is 0 Å². The largest absolute Gasteiger partial charge is 0.346 e. The molecule has 0 saturated carbocycles. The number of aromatic amines is 1. The molecule has 1 N–H and O–H groups in total. The van der Waals surface area contributed by atoms with E-state index in [1.54, 1.807) is 6.20 Å². The molecule has 68 valence electrons. The SMILES string of the molecule is CC(C)c1cc(F)nc2[nH]ccc12. The lowest BCUT2D eigenvalue weighted by atomic mass is 10.0. The van der Waals surface area contributed by atoms with Crippen molar-refractivity contribution in [2.24, 2.45) is 0 Å². The monoisotopic (exact) mass is 178 g/mol. The van der Waals surface area contributed by atoms with Gasteiger partial charge >= 0.3 is 0 Å². The predicted octanol–water partition coefficient (Wildman–Crippen LogP) is 2.83. The maximum Gasteiger partial charge on any atom is 0.215 e. The van der Waals surface area contributed by atoms with E-state index in [1.807, 2.05) is 19.9 Å². The average molecular weight is 178 g/mol.